The second kappa shape index (κ2) is 7.27. The van der Waals surface area contributed by atoms with Gasteiger partial charge in [-0.15, -0.1) is 24.8 Å². The van der Waals surface area contributed by atoms with Gasteiger partial charge in [0.05, 0.1) is 0 Å². The van der Waals surface area contributed by atoms with Crippen LogP contribution in [0.2, 0.25) is 0 Å². The molecule has 1 aromatic heterocycles. The minimum Gasteiger partial charge on any atom is -0.356 e. The fraction of sp³-hybridized carbons (Fsp3) is 0.692. The van der Waals surface area contributed by atoms with Crippen molar-refractivity contribution < 1.29 is 0 Å². The van der Waals surface area contributed by atoms with Crippen LogP contribution in [0.5, 0.6) is 0 Å². The monoisotopic (exact) mass is 304 g/mol. The third kappa shape index (κ3) is 3.50. The first-order valence-corrected chi connectivity index (χ1v) is 6.68. The average Bonchev–Trinajstić information content (AvgIpc) is 2.39. The number of piperidine rings is 1. The lowest BCUT2D eigenvalue weighted by atomic mass is 9.95. The molecule has 2 heterocycles. The standard InChI is InChI=1S/C13H20N4.2ClH/c14-10-5-7-17(8-6-10)13-11-3-1-2-4-12(11)15-9-16-13;;/h9-10H,1-8,14H2;2*1H. The Morgan fingerprint density at radius 1 is 1.05 bits per heavy atom. The molecule has 3 rings (SSSR count). The van der Waals surface area contributed by atoms with E-state index >= 15 is 0 Å². The van der Waals surface area contributed by atoms with Gasteiger partial charge in [0.25, 0.3) is 0 Å². The van der Waals surface area contributed by atoms with Gasteiger partial charge in [-0.2, -0.15) is 0 Å². The molecule has 0 atom stereocenters. The number of nitrogens with zero attached hydrogens (tertiary/aromatic N) is 3. The minimum atomic E-state index is 0. The zero-order valence-electron chi connectivity index (χ0n) is 11.0. The van der Waals surface area contributed by atoms with E-state index in [9.17, 15) is 0 Å². The van der Waals surface area contributed by atoms with Crippen LogP contribution < -0.4 is 10.6 Å². The summed E-state index contributed by atoms with van der Waals surface area (Å²) >= 11 is 0. The number of hydrogen-bond donors (Lipinski definition) is 1. The quantitative estimate of drug-likeness (QED) is 0.863. The van der Waals surface area contributed by atoms with Gasteiger partial charge >= 0.3 is 0 Å². The summed E-state index contributed by atoms with van der Waals surface area (Å²) in [5.74, 6) is 1.18. The summed E-state index contributed by atoms with van der Waals surface area (Å²) in [5, 5.41) is 0. The molecule has 1 aromatic rings. The molecule has 0 spiro atoms. The summed E-state index contributed by atoms with van der Waals surface area (Å²) in [6, 6.07) is 0.379. The van der Waals surface area contributed by atoms with E-state index in [2.05, 4.69) is 14.9 Å². The molecule has 108 valence electrons. The molecular formula is C13H22Cl2N4. The number of rotatable bonds is 1. The first-order valence-electron chi connectivity index (χ1n) is 6.68. The van der Waals surface area contributed by atoms with E-state index in [4.69, 9.17) is 5.73 Å². The van der Waals surface area contributed by atoms with E-state index in [-0.39, 0.29) is 24.8 Å². The molecule has 0 amide bonds. The second-order valence-corrected chi connectivity index (χ2v) is 5.15. The minimum absolute atomic E-state index is 0. The van der Waals surface area contributed by atoms with Crippen molar-refractivity contribution in [2.75, 3.05) is 18.0 Å². The first-order chi connectivity index (χ1) is 8.34. The van der Waals surface area contributed by atoms with Crippen LogP contribution in [-0.4, -0.2) is 29.1 Å². The van der Waals surface area contributed by atoms with Crippen LogP contribution in [0.15, 0.2) is 6.33 Å². The van der Waals surface area contributed by atoms with Crippen LogP contribution in [-0.2, 0) is 12.8 Å². The van der Waals surface area contributed by atoms with Crippen LogP contribution in [0, 0.1) is 0 Å². The highest BCUT2D eigenvalue weighted by Gasteiger charge is 2.22. The van der Waals surface area contributed by atoms with Crippen molar-refractivity contribution in [3.63, 3.8) is 0 Å². The van der Waals surface area contributed by atoms with Crippen molar-refractivity contribution in [2.45, 2.75) is 44.6 Å². The fourth-order valence-electron chi connectivity index (χ4n) is 2.89. The maximum atomic E-state index is 5.95. The molecule has 2 aliphatic rings. The third-order valence-electron chi connectivity index (χ3n) is 3.94. The topological polar surface area (TPSA) is 55.0 Å². The SMILES string of the molecule is Cl.Cl.NC1CCN(c2ncnc3c2CCCC3)CC1. The van der Waals surface area contributed by atoms with E-state index in [0.29, 0.717) is 6.04 Å². The summed E-state index contributed by atoms with van der Waals surface area (Å²) in [6.45, 7) is 2.09. The highest BCUT2D eigenvalue weighted by atomic mass is 35.5. The Hall–Kier alpha value is -0.580. The summed E-state index contributed by atoms with van der Waals surface area (Å²) < 4.78 is 0. The van der Waals surface area contributed by atoms with Gasteiger partial charge in [0, 0.05) is 30.4 Å². The number of halogens is 2. The van der Waals surface area contributed by atoms with Crippen LogP contribution >= 0.6 is 24.8 Å². The molecule has 0 unspecified atom stereocenters. The molecule has 0 aromatic carbocycles. The molecule has 0 bridgehead atoms. The Morgan fingerprint density at radius 3 is 2.47 bits per heavy atom. The molecule has 4 nitrogen and oxygen atoms in total. The summed E-state index contributed by atoms with van der Waals surface area (Å²) in [7, 11) is 0. The third-order valence-corrected chi connectivity index (χ3v) is 3.94. The van der Waals surface area contributed by atoms with Crippen molar-refractivity contribution in [1.29, 1.82) is 0 Å². The van der Waals surface area contributed by atoms with Crippen molar-refractivity contribution in [3.05, 3.63) is 17.6 Å². The molecular weight excluding hydrogens is 283 g/mol. The van der Waals surface area contributed by atoms with E-state index in [1.807, 2.05) is 0 Å². The van der Waals surface area contributed by atoms with Gasteiger partial charge in [0.1, 0.15) is 12.1 Å². The van der Waals surface area contributed by atoms with Gasteiger partial charge in [-0.3, -0.25) is 0 Å². The van der Waals surface area contributed by atoms with E-state index in [1.165, 1.54) is 29.9 Å². The van der Waals surface area contributed by atoms with E-state index < -0.39 is 0 Å². The molecule has 0 radical (unpaired) electrons. The largest absolute Gasteiger partial charge is 0.356 e. The number of fused-ring (bicyclic) bond motifs is 1. The number of aromatic nitrogens is 2. The number of anilines is 1. The van der Waals surface area contributed by atoms with Crippen LogP contribution in [0.1, 0.15) is 36.9 Å². The lowest BCUT2D eigenvalue weighted by Gasteiger charge is -2.33. The van der Waals surface area contributed by atoms with Crippen LogP contribution in [0.4, 0.5) is 5.82 Å². The lowest BCUT2D eigenvalue weighted by Crippen LogP contribution is -2.40. The Bertz CT molecular complexity index is 406. The summed E-state index contributed by atoms with van der Waals surface area (Å²) in [4.78, 5) is 11.3. The van der Waals surface area contributed by atoms with Crippen molar-refractivity contribution in [2.24, 2.45) is 5.73 Å². The van der Waals surface area contributed by atoms with Gasteiger partial charge < -0.3 is 10.6 Å². The highest BCUT2D eigenvalue weighted by molar-refractivity contribution is 5.85. The fourth-order valence-corrected chi connectivity index (χ4v) is 2.89. The highest BCUT2D eigenvalue weighted by Crippen LogP contribution is 2.28. The average molecular weight is 305 g/mol. The predicted octanol–water partition coefficient (Wildman–Crippen LogP) is 2.13. The molecule has 0 saturated carbocycles. The Balaban J connectivity index is 0.000000902. The predicted molar refractivity (Wildman–Crippen MR) is 82.6 cm³/mol. The van der Waals surface area contributed by atoms with Crippen molar-refractivity contribution in [1.82, 2.24) is 9.97 Å². The first kappa shape index (κ1) is 16.5. The second-order valence-electron chi connectivity index (χ2n) is 5.15. The smallest absolute Gasteiger partial charge is 0.135 e. The summed E-state index contributed by atoms with van der Waals surface area (Å²) in [6.07, 6.45) is 8.72. The van der Waals surface area contributed by atoms with Crippen LogP contribution in [0.3, 0.4) is 0 Å². The molecule has 1 aliphatic heterocycles. The molecule has 1 saturated heterocycles. The molecule has 6 heteroatoms. The zero-order valence-corrected chi connectivity index (χ0v) is 12.7. The number of hydrogen-bond acceptors (Lipinski definition) is 4. The number of nitrogens with two attached hydrogens (primary N) is 1. The van der Waals surface area contributed by atoms with E-state index in [1.54, 1.807) is 6.33 Å². The molecule has 19 heavy (non-hydrogen) atoms. The van der Waals surface area contributed by atoms with Crippen molar-refractivity contribution >= 4 is 30.6 Å². The molecule has 1 fully saturated rings. The maximum Gasteiger partial charge on any atom is 0.135 e. The Labute approximate surface area is 127 Å². The van der Waals surface area contributed by atoms with Gasteiger partial charge in [-0.1, -0.05) is 0 Å². The van der Waals surface area contributed by atoms with Gasteiger partial charge in [0.15, 0.2) is 0 Å². The summed E-state index contributed by atoms with van der Waals surface area (Å²) in [5.41, 5.74) is 8.63. The molecule has 2 N–H and O–H groups in total. The normalized spacial score (nSPS) is 19.1. The van der Waals surface area contributed by atoms with Crippen molar-refractivity contribution in [3.8, 4) is 0 Å². The Morgan fingerprint density at radius 2 is 1.74 bits per heavy atom. The zero-order chi connectivity index (χ0) is 11.7. The van der Waals surface area contributed by atoms with Gasteiger partial charge in [-0.25, -0.2) is 9.97 Å². The Kier molecular flexibility index (Phi) is 6.30. The lowest BCUT2D eigenvalue weighted by molar-refractivity contribution is 0.496. The van der Waals surface area contributed by atoms with E-state index in [0.717, 1.165) is 38.8 Å². The van der Waals surface area contributed by atoms with Crippen LogP contribution in [0.25, 0.3) is 0 Å². The molecule has 1 aliphatic carbocycles. The number of aryl methyl sites for hydroxylation is 1. The van der Waals surface area contributed by atoms with Gasteiger partial charge in [0.2, 0.25) is 0 Å². The maximum absolute atomic E-state index is 5.95. The van der Waals surface area contributed by atoms with Gasteiger partial charge in [-0.05, 0) is 38.5 Å².